The van der Waals surface area contributed by atoms with Crippen molar-refractivity contribution < 1.29 is 9.53 Å². The Kier molecular flexibility index (Phi) is 6.70. The van der Waals surface area contributed by atoms with Gasteiger partial charge in [-0.3, -0.25) is 0 Å². The zero-order chi connectivity index (χ0) is 16.5. The number of carbonyl (C=O) groups is 1. The highest BCUT2D eigenvalue weighted by Crippen LogP contribution is 2.18. The minimum Gasteiger partial charge on any atom is -0.445 e. The molecule has 2 aromatic carbocycles. The van der Waals surface area contributed by atoms with Gasteiger partial charge in [-0.2, -0.15) is 0 Å². The second-order valence-electron chi connectivity index (χ2n) is 5.20. The summed E-state index contributed by atoms with van der Waals surface area (Å²) in [7, 11) is 0. The van der Waals surface area contributed by atoms with Crippen molar-refractivity contribution in [2.24, 2.45) is 0 Å². The highest BCUT2D eigenvalue weighted by molar-refractivity contribution is 6.32. The van der Waals surface area contributed by atoms with Crippen molar-refractivity contribution in [2.45, 2.75) is 20.0 Å². The van der Waals surface area contributed by atoms with Gasteiger partial charge in [-0.1, -0.05) is 66.2 Å². The Labute approximate surface area is 141 Å². The van der Waals surface area contributed by atoms with Crippen LogP contribution in [0.4, 0.5) is 4.79 Å². The van der Waals surface area contributed by atoms with Crippen LogP contribution >= 0.6 is 11.6 Å². The molecule has 120 valence electrons. The third-order valence-electron chi connectivity index (χ3n) is 3.25. The molecule has 1 N–H and O–H groups in total. The number of aryl methyl sites for hydroxylation is 1. The van der Waals surface area contributed by atoms with E-state index in [1.165, 1.54) is 0 Å². The average Bonchev–Trinajstić information content (AvgIpc) is 2.55. The predicted molar refractivity (Wildman–Crippen MR) is 94.5 cm³/mol. The molecule has 0 unspecified atom stereocenters. The lowest BCUT2D eigenvalue weighted by atomic mass is 10.1. The molecule has 0 heterocycles. The molecule has 0 aliphatic carbocycles. The minimum absolute atomic E-state index is 0.279. The van der Waals surface area contributed by atoms with Gasteiger partial charge < -0.3 is 10.1 Å². The zero-order valence-electron chi connectivity index (χ0n) is 13.1. The van der Waals surface area contributed by atoms with Gasteiger partial charge in [0.05, 0.1) is 0 Å². The molecule has 0 aromatic heterocycles. The number of benzene rings is 2. The second-order valence-corrected chi connectivity index (χ2v) is 5.61. The number of ether oxygens (including phenoxy) is 1. The number of hydrogen-bond acceptors (Lipinski definition) is 2. The normalized spacial score (nSPS) is 10.7. The van der Waals surface area contributed by atoms with Crippen molar-refractivity contribution in [2.75, 3.05) is 6.54 Å². The van der Waals surface area contributed by atoms with E-state index in [-0.39, 0.29) is 6.61 Å². The maximum absolute atomic E-state index is 11.6. The average molecular weight is 330 g/mol. The van der Waals surface area contributed by atoms with Crippen LogP contribution in [0.25, 0.3) is 6.08 Å². The molecule has 0 spiro atoms. The molecular weight excluding hydrogens is 310 g/mol. The lowest BCUT2D eigenvalue weighted by Crippen LogP contribution is -2.24. The van der Waals surface area contributed by atoms with Crippen LogP contribution in [0, 0.1) is 6.92 Å². The summed E-state index contributed by atoms with van der Waals surface area (Å²) in [5.74, 6) is 0. The van der Waals surface area contributed by atoms with Crippen LogP contribution in [0.3, 0.4) is 0 Å². The molecule has 0 saturated carbocycles. The molecule has 0 saturated heterocycles. The number of alkyl carbamates (subject to hydrolysis) is 1. The molecule has 0 aliphatic heterocycles. The van der Waals surface area contributed by atoms with Crippen LogP contribution in [-0.2, 0) is 11.3 Å². The molecular formula is C19H20ClNO2. The first-order chi connectivity index (χ1) is 11.1. The largest absolute Gasteiger partial charge is 0.445 e. The Morgan fingerprint density at radius 1 is 1.22 bits per heavy atom. The molecule has 23 heavy (non-hydrogen) atoms. The minimum atomic E-state index is -0.407. The lowest BCUT2D eigenvalue weighted by Gasteiger charge is -2.06. The van der Waals surface area contributed by atoms with Gasteiger partial charge in [-0.05, 0) is 36.1 Å². The van der Waals surface area contributed by atoms with E-state index in [9.17, 15) is 4.79 Å². The van der Waals surface area contributed by atoms with Gasteiger partial charge in [0.1, 0.15) is 6.61 Å². The monoisotopic (exact) mass is 329 g/mol. The maximum Gasteiger partial charge on any atom is 0.407 e. The fraction of sp³-hybridized carbons (Fsp3) is 0.211. The van der Waals surface area contributed by atoms with E-state index >= 15 is 0 Å². The molecule has 0 bridgehead atoms. The summed E-state index contributed by atoms with van der Waals surface area (Å²) in [5, 5.41) is 3.45. The Morgan fingerprint density at radius 2 is 2.00 bits per heavy atom. The summed E-state index contributed by atoms with van der Waals surface area (Å²) in [4.78, 5) is 11.6. The number of hydrogen-bond donors (Lipinski definition) is 1. The number of amides is 1. The van der Waals surface area contributed by atoms with Crippen LogP contribution in [-0.4, -0.2) is 12.6 Å². The lowest BCUT2D eigenvalue weighted by molar-refractivity contribution is 0.140. The third kappa shape index (κ3) is 6.17. The van der Waals surface area contributed by atoms with Crippen LogP contribution in [0.5, 0.6) is 0 Å². The van der Waals surface area contributed by atoms with Crippen LogP contribution in [0.2, 0.25) is 5.02 Å². The van der Waals surface area contributed by atoms with Gasteiger partial charge in [-0.15, -0.1) is 0 Å². The summed E-state index contributed by atoms with van der Waals surface area (Å²) in [6, 6.07) is 15.5. The van der Waals surface area contributed by atoms with Crippen molar-refractivity contribution >= 4 is 23.8 Å². The smallest absolute Gasteiger partial charge is 0.407 e. The first-order valence-electron chi connectivity index (χ1n) is 7.52. The quantitative estimate of drug-likeness (QED) is 0.759. The van der Waals surface area contributed by atoms with Gasteiger partial charge in [0.15, 0.2) is 0 Å². The van der Waals surface area contributed by atoms with Gasteiger partial charge in [0.25, 0.3) is 0 Å². The number of halogens is 1. The maximum atomic E-state index is 11.6. The number of rotatable bonds is 6. The summed E-state index contributed by atoms with van der Waals surface area (Å²) in [6.07, 6.45) is 4.24. The van der Waals surface area contributed by atoms with Gasteiger partial charge in [0.2, 0.25) is 0 Å². The van der Waals surface area contributed by atoms with Gasteiger partial charge in [0, 0.05) is 11.6 Å². The van der Waals surface area contributed by atoms with Crippen molar-refractivity contribution in [1.29, 1.82) is 0 Å². The summed E-state index contributed by atoms with van der Waals surface area (Å²) < 4.78 is 5.13. The first-order valence-corrected chi connectivity index (χ1v) is 7.90. The van der Waals surface area contributed by atoms with Crippen molar-refractivity contribution in [3.05, 3.63) is 76.3 Å². The fourth-order valence-electron chi connectivity index (χ4n) is 2.01. The van der Waals surface area contributed by atoms with E-state index in [0.29, 0.717) is 13.0 Å². The molecule has 0 fully saturated rings. The molecule has 1 amide bonds. The van der Waals surface area contributed by atoms with E-state index in [4.69, 9.17) is 16.3 Å². The molecule has 3 nitrogen and oxygen atoms in total. The topological polar surface area (TPSA) is 38.3 Å². The van der Waals surface area contributed by atoms with Crippen LogP contribution in [0.15, 0.2) is 54.6 Å². The highest BCUT2D eigenvalue weighted by atomic mass is 35.5. The van der Waals surface area contributed by atoms with E-state index < -0.39 is 6.09 Å². The third-order valence-corrected chi connectivity index (χ3v) is 3.57. The SMILES string of the molecule is Cc1ccc(C=CCCNC(=O)OCc2ccccc2)c(Cl)c1. The van der Waals surface area contributed by atoms with E-state index in [1.807, 2.05) is 67.6 Å². The summed E-state index contributed by atoms with van der Waals surface area (Å²) in [6.45, 7) is 2.81. The summed E-state index contributed by atoms with van der Waals surface area (Å²) >= 11 is 6.15. The zero-order valence-corrected chi connectivity index (χ0v) is 13.8. The fourth-order valence-corrected chi connectivity index (χ4v) is 2.31. The number of nitrogens with one attached hydrogen (secondary N) is 1. The molecule has 2 aromatic rings. The number of carbonyl (C=O) groups excluding carboxylic acids is 1. The van der Waals surface area contributed by atoms with Crippen molar-refractivity contribution in [3.63, 3.8) is 0 Å². The standard InChI is InChI=1S/C19H20ClNO2/c1-15-10-11-17(18(20)13-15)9-5-6-12-21-19(22)23-14-16-7-3-2-4-8-16/h2-5,7-11,13H,6,12,14H2,1H3,(H,21,22). The molecule has 0 atom stereocenters. The van der Waals surface area contributed by atoms with Crippen molar-refractivity contribution in [1.82, 2.24) is 5.32 Å². The van der Waals surface area contributed by atoms with Gasteiger partial charge in [-0.25, -0.2) is 4.79 Å². The Morgan fingerprint density at radius 3 is 2.74 bits per heavy atom. The Bertz CT molecular complexity index is 668. The van der Waals surface area contributed by atoms with Crippen molar-refractivity contribution in [3.8, 4) is 0 Å². The highest BCUT2D eigenvalue weighted by Gasteiger charge is 2.01. The van der Waals surface area contributed by atoms with Gasteiger partial charge >= 0.3 is 6.09 Å². The Balaban J connectivity index is 1.66. The Hall–Kier alpha value is -2.26. The molecule has 2 rings (SSSR count). The van der Waals surface area contributed by atoms with Crippen LogP contribution < -0.4 is 5.32 Å². The second kappa shape index (κ2) is 9.01. The predicted octanol–water partition coefficient (Wildman–Crippen LogP) is 4.98. The van der Waals surface area contributed by atoms with Crippen LogP contribution in [0.1, 0.15) is 23.1 Å². The molecule has 0 radical (unpaired) electrons. The molecule has 0 aliphatic rings. The van der Waals surface area contributed by atoms with E-state index in [2.05, 4.69) is 5.32 Å². The first kappa shape index (κ1) is 17.1. The van der Waals surface area contributed by atoms with E-state index in [0.717, 1.165) is 21.7 Å². The summed E-state index contributed by atoms with van der Waals surface area (Å²) in [5.41, 5.74) is 3.08. The molecule has 4 heteroatoms. The van der Waals surface area contributed by atoms with E-state index in [1.54, 1.807) is 0 Å².